The molecule has 2 aromatic rings. The van der Waals surface area contributed by atoms with Gasteiger partial charge in [0.25, 0.3) is 5.69 Å². The van der Waals surface area contributed by atoms with Crippen molar-refractivity contribution >= 4 is 51.2 Å². The van der Waals surface area contributed by atoms with Gasteiger partial charge in [0.1, 0.15) is 12.1 Å². The number of rotatable bonds is 17. The van der Waals surface area contributed by atoms with Gasteiger partial charge in [-0.1, -0.05) is 67.1 Å². The predicted molar refractivity (Wildman–Crippen MR) is 161 cm³/mol. The number of nitro groups is 1. The van der Waals surface area contributed by atoms with Crippen molar-refractivity contribution in [2.45, 2.75) is 61.8 Å². The van der Waals surface area contributed by atoms with Crippen LogP contribution in [0.3, 0.4) is 0 Å². The zero-order valence-corrected chi connectivity index (χ0v) is 25.2. The Hall–Kier alpha value is -3.78. The molecule has 0 fully saturated rings. The number of benzene rings is 2. The van der Waals surface area contributed by atoms with E-state index in [9.17, 15) is 34.4 Å². The number of carboxylic acid groups (broad SMARTS) is 1. The van der Waals surface area contributed by atoms with Gasteiger partial charge in [0.2, 0.25) is 11.8 Å². The lowest BCUT2D eigenvalue weighted by molar-refractivity contribution is -0.387. The van der Waals surface area contributed by atoms with E-state index in [1.54, 1.807) is 48.5 Å². The van der Waals surface area contributed by atoms with Crippen LogP contribution in [0.2, 0.25) is 0 Å². The third kappa shape index (κ3) is 12.0. The summed E-state index contributed by atoms with van der Waals surface area (Å²) in [4.78, 5) is 61.4. The maximum atomic E-state index is 13.5. The number of alkyl carbamates (subject to hydrolysis) is 1. The Balaban J connectivity index is 2.18. The van der Waals surface area contributed by atoms with E-state index in [0.29, 0.717) is 11.3 Å². The van der Waals surface area contributed by atoms with Gasteiger partial charge in [-0.3, -0.25) is 19.7 Å². The third-order valence-corrected chi connectivity index (χ3v) is 8.77. The summed E-state index contributed by atoms with van der Waals surface area (Å²) in [6.45, 7) is 3.98. The second-order valence-electron chi connectivity index (χ2n) is 9.73. The van der Waals surface area contributed by atoms with Gasteiger partial charge in [-0.15, -0.1) is 0 Å². The Morgan fingerprint density at radius 3 is 2.24 bits per heavy atom. The highest BCUT2D eigenvalue weighted by Gasteiger charge is 2.30. The molecule has 14 heteroatoms. The highest BCUT2D eigenvalue weighted by atomic mass is 33.1. The lowest BCUT2D eigenvalue weighted by atomic mass is 10.0. The van der Waals surface area contributed by atoms with Crippen molar-refractivity contribution < 1.29 is 33.9 Å². The van der Waals surface area contributed by atoms with Crippen LogP contribution in [0, 0.1) is 16.0 Å². The van der Waals surface area contributed by atoms with Gasteiger partial charge < -0.3 is 25.8 Å². The number of hydrogen-bond donors (Lipinski definition) is 4. The normalized spacial score (nSPS) is 13.0. The SMILES string of the molecule is COC(=O)NCCCC(SSc1ccccc1[N+](=O)[O-])C(=O)NC(CC(C)C)C(=O)N[C@@H](Cc1ccccc1)C(=O)O. The molecule has 0 radical (unpaired) electrons. The van der Waals surface area contributed by atoms with Crippen molar-refractivity contribution in [3.63, 3.8) is 0 Å². The molecule has 0 aliphatic rings. The van der Waals surface area contributed by atoms with E-state index in [0.717, 1.165) is 27.2 Å². The van der Waals surface area contributed by atoms with Gasteiger partial charge >= 0.3 is 12.1 Å². The highest BCUT2D eigenvalue weighted by Crippen LogP contribution is 2.40. The zero-order valence-electron chi connectivity index (χ0n) is 23.6. The molecule has 4 N–H and O–H groups in total. The number of nitrogens with one attached hydrogen (secondary N) is 3. The van der Waals surface area contributed by atoms with Crippen LogP contribution < -0.4 is 16.0 Å². The molecular weight excluding hydrogens is 584 g/mol. The summed E-state index contributed by atoms with van der Waals surface area (Å²) < 4.78 is 4.56. The minimum absolute atomic E-state index is 0.00449. The van der Waals surface area contributed by atoms with Gasteiger partial charge in [-0.05, 0) is 47.6 Å². The Labute approximate surface area is 252 Å². The van der Waals surface area contributed by atoms with Gasteiger partial charge in [-0.25, -0.2) is 9.59 Å². The number of amides is 3. The van der Waals surface area contributed by atoms with Crippen molar-refractivity contribution in [1.82, 2.24) is 16.0 Å². The average Bonchev–Trinajstić information content (AvgIpc) is 2.96. The van der Waals surface area contributed by atoms with E-state index in [1.165, 1.54) is 13.2 Å². The molecule has 0 aromatic heterocycles. The number of para-hydroxylation sites is 1. The fraction of sp³-hybridized carbons (Fsp3) is 0.429. The summed E-state index contributed by atoms with van der Waals surface area (Å²) >= 11 is 0. The summed E-state index contributed by atoms with van der Waals surface area (Å²) in [5.74, 6) is -2.31. The summed E-state index contributed by atoms with van der Waals surface area (Å²) in [6.07, 6.45) is 0.373. The Kier molecular flexibility index (Phi) is 14.7. The monoisotopic (exact) mass is 620 g/mol. The van der Waals surface area contributed by atoms with Crippen LogP contribution in [0.15, 0.2) is 59.5 Å². The number of carboxylic acids is 1. The molecule has 42 heavy (non-hydrogen) atoms. The van der Waals surface area contributed by atoms with Gasteiger partial charge in [0.15, 0.2) is 0 Å². The van der Waals surface area contributed by atoms with Crippen LogP contribution in [-0.2, 0) is 25.5 Å². The van der Waals surface area contributed by atoms with E-state index in [1.807, 2.05) is 13.8 Å². The Morgan fingerprint density at radius 1 is 0.976 bits per heavy atom. The molecule has 12 nitrogen and oxygen atoms in total. The maximum Gasteiger partial charge on any atom is 0.406 e. The molecule has 0 aliphatic heterocycles. The summed E-state index contributed by atoms with van der Waals surface area (Å²) in [5, 5.41) is 28.3. The van der Waals surface area contributed by atoms with Crippen molar-refractivity contribution in [1.29, 1.82) is 0 Å². The molecule has 0 spiro atoms. The summed E-state index contributed by atoms with van der Waals surface area (Å²) in [5.41, 5.74) is 0.635. The fourth-order valence-electron chi connectivity index (χ4n) is 3.85. The fourth-order valence-corrected chi connectivity index (χ4v) is 6.48. The maximum absolute atomic E-state index is 13.5. The Morgan fingerprint density at radius 2 is 1.62 bits per heavy atom. The van der Waals surface area contributed by atoms with Crippen LogP contribution >= 0.6 is 21.6 Å². The van der Waals surface area contributed by atoms with Gasteiger partial charge in [0.05, 0.1) is 22.2 Å². The van der Waals surface area contributed by atoms with Gasteiger partial charge in [0, 0.05) is 19.0 Å². The topological polar surface area (TPSA) is 177 Å². The van der Waals surface area contributed by atoms with Crippen LogP contribution in [0.25, 0.3) is 0 Å². The quantitative estimate of drug-likeness (QED) is 0.0868. The molecule has 3 atom stereocenters. The minimum atomic E-state index is -1.20. The number of methoxy groups -OCH3 is 1. The molecule has 0 heterocycles. The lowest BCUT2D eigenvalue weighted by Gasteiger charge is -2.25. The van der Waals surface area contributed by atoms with E-state index < -0.39 is 46.1 Å². The third-order valence-electron chi connectivity index (χ3n) is 5.94. The molecule has 0 bridgehead atoms. The van der Waals surface area contributed by atoms with E-state index >= 15 is 0 Å². The molecule has 2 rings (SSSR count). The molecule has 2 aromatic carbocycles. The second-order valence-corrected chi connectivity index (χ2v) is 12.2. The van der Waals surface area contributed by atoms with Crippen LogP contribution in [0.5, 0.6) is 0 Å². The summed E-state index contributed by atoms with van der Waals surface area (Å²) in [6, 6.07) is 12.8. The van der Waals surface area contributed by atoms with Crippen molar-refractivity contribution in [3.05, 3.63) is 70.3 Å². The van der Waals surface area contributed by atoms with Crippen molar-refractivity contribution in [2.24, 2.45) is 5.92 Å². The first-order valence-electron chi connectivity index (χ1n) is 13.3. The molecule has 0 saturated heterocycles. The number of carbonyl (C=O) groups is 4. The first-order valence-corrected chi connectivity index (χ1v) is 15.5. The minimum Gasteiger partial charge on any atom is -0.480 e. The number of nitrogens with zero attached hydrogens (tertiary/aromatic N) is 1. The predicted octanol–water partition coefficient (Wildman–Crippen LogP) is 4.18. The van der Waals surface area contributed by atoms with E-state index in [2.05, 4.69) is 20.7 Å². The highest BCUT2D eigenvalue weighted by molar-refractivity contribution is 8.77. The number of ether oxygens (including phenoxy) is 1. The number of hydrogen-bond acceptors (Lipinski definition) is 9. The first kappa shape index (κ1) is 34.4. The second kappa shape index (κ2) is 17.9. The molecule has 0 saturated carbocycles. The smallest absolute Gasteiger partial charge is 0.406 e. The van der Waals surface area contributed by atoms with Crippen LogP contribution in [0.1, 0.15) is 38.7 Å². The number of nitro benzene ring substituents is 1. The molecule has 228 valence electrons. The van der Waals surface area contributed by atoms with Crippen molar-refractivity contribution in [2.75, 3.05) is 13.7 Å². The van der Waals surface area contributed by atoms with Crippen LogP contribution in [0.4, 0.5) is 10.5 Å². The van der Waals surface area contributed by atoms with E-state index in [4.69, 9.17) is 0 Å². The first-order chi connectivity index (χ1) is 20.0. The van der Waals surface area contributed by atoms with Crippen LogP contribution in [-0.4, -0.2) is 64.9 Å². The van der Waals surface area contributed by atoms with Crippen molar-refractivity contribution in [3.8, 4) is 0 Å². The Bertz CT molecular complexity index is 1220. The van der Waals surface area contributed by atoms with E-state index in [-0.39, 0.29) is 37.4 Å². The molecule has 3 amide bonds. The lowest BCUT2D eigenvalue weighted by Crippen LogP contribution is -2.53. The zero-order chi connectivity index (χ0) is 31.1. The molecule has 0 aliphatic carbocycles. The largest absolute Gasteiger partial charge is 0.480 e. The average molecular weight is 621 g/mol. The standard InChI is InChI=1S/C28H36N4O8S2/c1-18(2)16-20(25(33)31-21(27(35)36)17-19-10-5-4-6-11-19)30-26(34)24(14-9-15-29-28(37)40-3)42-41-23-13-8-7-12-22(23)32(38)39/h4-8,10-13,18,20-21,24H,9,14-17H2,1-3H3,(H,29,37)(H,30,34)(H,31,33)(H,35,36)/t20?,21-,24?/m0/s1. The summed E-state index contributed by atoms with van der Waals surface area (Å²) in [7, 11) is 3.41. The number of aliphatic carboxylic acids is 1. The number of carbonyl (C=O) groups excluding carboxylic acids is 3. The van der Waals surface area contributed by atoms with Gasteiger partial charge in [-0.2, -0.15) is 0 Å². The molecule has 2 unspecified atom stereocenters. The molecular formula is C28H36N4O8S2.